The third-order valence-electron chi connectivity index (χ3n) is 2.18. The molecule has 0 aliphatic rings. The standard InChI is InChI=1S/C11H10F2O2/c1-6(7(2)11(14)15)8-3-9(12)5-10(13)4-8/h3-5H,1-2H3,(H,14,15). The highest BCUT2D eigenvalue weighted by atomic mass is 19.1. The molecule has 0 bridgehead atoms. The first-order valence-corrected chi connectivity index (χ1v) is 4.29. The van der Waals surface area contributed by atoms with E-state index in [0.29, 0.717) is 5.57 Å². The molecule has 0 saturated heterocycles. The summed E-state index contributed by atoms with van der Waals surface area (Å²) in [6.45, 7) is 2.90. The molecule has 4 heteroatoms. The molecular formula is C11H10F2O2. The zero-order valence-corrected chi connectivity index (χ0v) is 8.34. The average molecular weight is 212 g/mol. The molecule has 0 atom stereocenters. The summed E-state index contributed by atoms with van der Waals surface area (Å²) >= 11 is 0. The topological polar surface area (TPSA) is 37.3 Å². The molecule has 0 heterocycles. The summed E-state index contributed by atoms with van der Waals surface area (Å²) < 4.78 is 25.7. The Labute approximate surface area is 85.9 Å². The maximum absolute atomic E-state index is 12.8. The van der Waals surface area contributed by atoms with Crippen molar-refractivity contribution >= 4 is 11.5 Å². The molecule has 0 amide bonds. The van der Waals surface area contributed by atoms with Gasteiger partial charge in [-0.2, -0.15) is 0 Å². The second-order valence-electron chi connectivity index (χ2n) is 3.21. The lowest BCUT2D eigenvalue weighted by molar-refractivity contribution is -0.132. The Bertz CT molecular complexity index is 416. The Morgan fingerprint density at radius 1 is 1.13 bits per heavy atom. The number of allylic oxidation sites excluding steroid dienone is 1. The predicted molar refractivity (Wildman–Crippen MR) is 52.3 cm³/mol. The van der Waals surface area contributed by atoms with Gasteiger partial charge in [-0.15, -0.1) is 0 Å². The normalized spacial score (nSPS) is 12.3. The second kappa shape index (κ2) is 4.21. The Morgan fingerprint density at radius 2 is 1.60 bits per heavy atom. The summed E-state index contributed by atoms with van der Waals surface area (Å²) in [7, 11) is 0. The largest absolute Gasteiger partial charge is 0.478 e. The Balaban J connectivity index is 3.28. The van der Waals surface area contributed by atoms with Crippen LogP contribution < -0.4 is 0 Å². The van der Waals surface area contributed by atoms with Crippen LogP contribution in [0.1, 0.15) is 19.4 Å². The average Bonchev–Trinajstić information content (AvgIpc) is 2.13. The van der Waals surface area contributed by atoms with Crippen molar-refractivity contribution in [2.24, 2.45) is 0 Å². The second-order valence-corrected chi connectivity index (χ2v) is 3.21. The molecule has 1 aromatic carbocycles. The number of carboxylic acids is 1. The van der Waals surface area contributed by atoms with E-state index in [1.165, 1.54) is 13.8 Å². The zero-order valence-electron chi connectivity index (χ0n) is 8.34. The molecule has 2 nitrogen and oxygen atoms in total. The van der Waals surface area contributed by atoms with Crippen LogP contribution in [-0.4, -0.2) is 11.1 Å². The van der Waals surface area contributed by atoms with Gasteiger partial charge in [0.1, 0.15) is 11.6 Å². The van der Waals surface area contributed by atoms with E-state index in [4.69, 9.17) is 5.11 Å². The first-order valence-electron chi connectivity index (χ1n) is 4.29. The number of halogens is 2. The first-order chi connectivity index (χ1) is 6.91. The van der Waals surface area contributed by atoms with Gasteiger partial charge in [0, 0.05) is 11.6 Å². The maximum Gasteiger partial charge on any atom is 0.331 e. The highest BCUT2D eigenvalue weighted by molar-refractivity contribution is 5.95. The third kappa shape index (κ3) is 2.62. The molecule has 80 valence electrons. The van der Waals surface area contributed by atoms with Gasteiger partial charge in [0.25, 0.3) is 0 Å². The summed E-state index contributed by atoms with van der Waals surface area (Å²) in [5.41, 5.74) is 0.660. The van der Waals surface area contributed by atoms with E-state index in [-0.39, 0.29) is 11.1 Å². The van der Waals surface area contributed by atoms with Gasteiger partial charge >= 0.3 is 5.97 Å². The molecule has 0 spiro atoms. The van der Waals surface area contributed by atoms with E-state index in [9.17, 15) is 13.6 Å². The molecule has 0 aromatic heterocycles. The summed E-state index contributed by atoms with van der Waals surface area (Å²) in [5.74, 6) is -2.54. The molecule has 0 aliphatic heterocycles. The number of carboxylic acid groups (broad SMARTS) is 1. The number of hydrogen-bond acceptors (Lipinski definition) is 1. The summed E-state index contributed by atoms with van der Waals surface area (Å²) in [4.78, 5) is 10.6. The van der Waals surface area contributed by atoms with Crippen LogP contribution in [-0.2, 0) is 4.79 Å². The fraction of sp³-hybridized carbons (Fsp3) is 0.182. The lowest BCUT2D eigenvalue weighted by Gasteiger charge is -2.04. The highest BCUT2D eigenvalue weighted by Crippen LogP contribution is 2.20. The number of rotatable bonds is 2. The fourth-order valence-electron chi connectivity index (χ4n) is 1.15. The van der Waals surface area contributed by atoms with E-state index in [0.717, 1.165) is 18.2 Å². The monoisotopic (exact) mass is 212 g/mol. The van der Waals surface area contributed by atoms with Crippen LogP contribution in [0.2, 0.25) is 0 Å². The van der Waals surface area contributed by atoms with Gasteiger partial charge in [-0.3, -0.25) is 0 Å². The van der Waals surface area contributed by atoms with E-state index in [2.05, 4.69) is 0 Å². The maximum atomic E-state index is 12.8. The molecule has 1 rings (SSSR count). The van der Waals surface area contributed by atoms with Crippen LogP contribution in [0, 0.1) is 11.6 Å². The Morgan fingerprint density at radius 3 is 2.00 bits per heavy atom. The van der Waals surface area contributed by atoms with Crippen LogP contribution in [0.25, 0.3) is 5.57 Å². The van der Waals surface area contributed by atoms with Crippen molar-refractivity contribution in [3.63, 3.8) is 0 Å². The van der Waals surface area contributed by atoms with Gasteiger partial charge in [0.05, 0.1) is 0 Å². The minimum absolute atomic E-state index is 0.0694. The van der Waals surface area contributed by atoms with Gasteiger partial charge in [-0.25, -0.2) is 13.6 Å². The minimum Gasteiger partial charge on any atom is -0.478 e. The first kappa shape index (κ1) is 11.4. The van der Waals surface area contributed by atoms with Crippen LogP contribution in [0.4, 0.5) is 8.78 Å². The van der Waals surface area contributed by atoms with Gasteiger partial charge in [0.15, 0.2) is 0 Å². The van der Waals surface area contributed by atoms with Crippen molar-refractivity contribution in [3.05, 3.63) is 41.0 Å². The fourth-order valence-corrected chi connectivity index (χ4v) is 1.15. The van der Waals surface area contributed by atoms with Crippen LogP contribution >= 0.6 is 0 Å². The van der Waals surface area contributed by atoms with Gasteiger partial charge < -0.3 is 5.11 Å². The molecule has 0 unspecified atom stereocenters. The van der Waals surface area contributed by atoms with Crippen molar-refractivity contribution in [2.45, 2.75) is 13.8 Å². The van der Waals surface area contributed by atoms with Crippen LogP contribution in [0.3, 0.4) is 0 Å². The Hall–Kier alpha value is -1.71. The summed E-state index contributed by atoms with van der Waals surface area (Å²) in [5, 5.41) is 8.71. The van der Waals surface area contributed by atoms with Crippen molar-refractivity contribution < 1.29 is 18.7 Å². The number of aliphatic carboxylic acids is 1. The van der Waals surface area contributed by atoms with Gasteiger partial charge in [-0.05, 0) is 37.1 Å². The number of hydrogen-bond donors (Lipinski definition) is 1. The smallest absolute Gasteiger partial charge is 0.331 e. The van der Waals surface area contributed by atoms with Crippen molar-refractivity contribution in [1.29, 1.82) is 0 Å². The number of carbonyl (C=O) groups is 1. The molecule has 0 fully saturated rings. The molecule has 1 N–H and O–H groups in total. The Kier molecular flexibility index (Phi) is 3.19. The number of benzene rings is 1. The predicted octanol–water partition coefficient (Wildman–Crippen LogP) is 2.84. The molecule has 0 radical (unpaired) electrons. The summed E-state index contributed by atoms with van der Waals surface area (Å²) in [6, 6.07) is 2.95. The van der Waals surface area contributed by atoms with Gasteiger partial charge in [0.2, 0.25) is 0 Å². The molecule has 0 aliphatic carbocycles. The minimum atomic E-state index is -1.10. The quantitative estimate of drug-likeness (QED) is 0.765. The van der Waals surface area contributed by atoms with Crippen LogP contribution in [0.5, 0.6) is 0 Å². The highest BCUT2D eigenvalue weighted by Gasteiger charge is 2.09. The molecule has 1 aromatic rings. The zero-order chi connectivity index (χ0) is 11.6. The van der Waals surface area contributed by atoms with Gasteiger partial charge in [-0.1, -0.05) is 0 Å². The SMILES string of the molecule is CC(C(=O)O)=C(C)c1cc(F)cc(F)c1. The van der Waals surface area contributed by atoms with E-state index >= 15 is 0 Å². The van der Waals surface area contributed by atoms with Crippen molar-refractivity contribution in [2.75, 3.05) is 0 Å². The summed E-state index contributed by atoms with van der Waals surface area (Å²) in [6.07, 6.45) is 0. The molecule has 15 heavy (non-hydrogen) atoms. The lowest BCUT2D eigenvalue weighted by atomic mass is 10.0. The van der Waals surface area contributed by atoms with Crippen molar-refractivity contribution in [1.82, 2.24) is 0 Å². The van der Waals surface area contributed by atoms with E-state index < -0.39 is 17.6 Å². The molecule has 0 saturated carbocycles. The van der Waals surface area contributed by atoms with E-state index in [1.807, 2.05) is 0 Å². The lowest BCUT2D eigenvalue weighted by Crippen LogP contribution is -1.99. The van der Waals surface area contributed by atoms with Crippen LogP contribution in [0.15, 0.2) is 23.8 Å². The molecular weight excluding hydrogens is 202 g/mol. The van der Waals surface area contributed by atoms with Crippen molar-refractivity contribution in [3.8, 4) is 0 Å². The van der Waals surface area contributed by atoms with E-state index in [1.54, 1.807) is 0 Å². The third-order valence-corrected chi connectivity index (χ3v) is 2.18.